The Morgan fingerprint density at radius 1 is 1.58 bits per heavy atom. The molecular weight excluding hydrogens is 154 g/mol. The Hall–Kier alpha value is -1.25. The van der Waals surface area contributed by atoms with Gasteiger partial charge in [-0.2, -0.15) is 0 Å². The summed E-state index contributed by atoms with van der Waals surface area (Å²) in [6, 6.07) is 1.65. The molecule has 2 rings (SSSR count). The first-order valence-corrected chi connectivity index (χ1v) is 4.09. The van der Waals surface area contributed by atoms with Gasteiger partial charge < -0.3 is 9.84 Å². The first kappa shape index (κ1) is 7.40. The molecule has 0 bridgehead atoms. The Morgan fingerprint density at radius 2 is 2.42 bits per heavy atom. The standard InChI is InChI=1S/C9H11NO2/c1-6-8(11)5-9-7(10-6)3-2-4-12-9/h5,11H,2-4H2,1H3. The van der Waals surface area contributed by atoms with Crippen LogP contribution in [0.15, 0.2) is 6.07 Å². The van der Waals surface area contributed by atoms with Crippen molar-refractivity contribution in [3.8, 4) is 11.5 Å². The third kappa shape index (κ3) is 1.11. The molecule has 64 valence electrons. The smallest absolute Gasteiger partial charge is 0.144 e. The molecule has 12 heavy (non-hydrogen) atoms. The molecule has 1 aromatic heterocycles. The average Bonchev–Trinajstić information content (AvgIpc) is 2.07. The first-order chi connectivity index (χ1) is 5.77. The maximum atomic E-state index is 9.33. The molecule has 0 unspecified atom stereocenters. The van der Waals surface area contributed by atoms with Gasteiger partial charge in [-0.05, 0) is 19.8 Å². The van der Waals surface area contributed by atoms with Gasteiger partial charge in [0.05, 0.1) is 18.0 Å². The van der Waals surface area contributed by atoms with Gasteiger partial charge >= 0.3 is 0 Å². The number of aryl methyl sites for hydroxylation is 2. The number of nitrogens with zero attached hydrogens (tertiary/aromatic N) is 1. The summed E-state index contributed by atoms with van der Waals surface area (Å²) < 4.78 is 5.34. The molecule has 1 aromatic rings. The van der Waals surface area contributed by atoms with E-state index < -0.39 is 0 Å². The van der Waals surface area contributed by atoms with E-state index in [1.54, 1.807) is 13.0 Å². The van der Waals surface area contributed by atoms with Gasteiger partial charge in [0.25, 0.3) is 0 Å². The molecule has 3 nitrogen and oxygen atoms in total. The molecule has 0 amide bonds. The summed E-state index contributed by atoms with van der Waals surface area (Å²) in [5.74, 6) is 0.958. The minimum atomic E-state index is 0.218. The van der Waals surface area contributed by atoms with E-state index in [0.717, 1.165) is 30.9 Å². The molecule has 1 aliphatic heterocycles. The highest BCUT2D eigenvalue weighted by molar-refractivity contribution is 5.39. The van der Waals surface area contributed by atoms with E-state index in [4.69, 9.17) is 4.74 Å². The number of hydrogen-bond donors (Lipinski definition) is 1. The number of aromatic nitrogens is 1. The van der Waals surface area contributed by atoms with E-state index in [2.05, 4.69) is 4.98 Å². The SMILES string of the molecule is Cc1nc2c(cc1O)OCCC2. The van der Waals surface area contributed by atoms with Crippen LogP contribution in [0.4, 0.5) is 0 Å². The normalized spacial score (nSPS) is 15.1. The van der Waals surface area contributed by atoms with Gasteiger partial charge in [0.1, 0.15) is 11.5 Å². The highest BCUT2D eigenvalue weighted by atomic mass is 16.5. The maximum absolute atomic E-state index is 9.33. The molecule has 1 N–H and O–H groups in total. The molecule has 2 heterocycles. The van der Waals surface area contributed by atoms with E-state index in [1.807, 2.05) is 0 Å². The molecule has 0 radical (unpaired) electrons. The van der Waals surface area contributed by atoms with Crippen molar-refractivity contribution in [2.24, 2.45) is 0 Å². The summed E-state index contributed by atoms with van der Waals surface area (Å²) >= 11 is 0. The first-order valence-electron chi connectivity index (χ1n) is 4.09. The molecule has 3 heteroatoms. The topological polar surface area (TPSA) is 42.4 Å². The monoisotopic (exact) mass is 165 g/mol. The summed E-state index contributed by atoms with van der Waals surface area (Å²) in [4.78, 5) is 4.24. The zero-order chi connectivity index (χ0) is 8.55. The van der Waals surface area contributed by atoms with Gasteiger partial charge in [-0.3, -0.25) is 4.98 Å². The highest BCUT2D eigenvalue weighted by Gasteiger charge is 2.13. The average molecular weight is 165 g/mol. The minimum absolute atomic E-state index is 0.218. The van der Waals surface area contributed by atoms with Gasteiger partial charge in [0.2, 0.25) is 0 Å². The van der Waals surface area contributed by atoms with Crippen LogP contribution < -0.4 is 4.74 Å². The maximum Gasteiger partial charge on any atom is 0.144 e. The molecule has 0 saturated heterocycles. The van der Waals surface area contributed by atoms with E-state index in [1.165, 1.54) is 0 Å². The fourth-order valence-corrected chi connectivity index (χ4v) is 1.35. The van der Waals surface area contributed by atoms with Gasteiger partial charge in [-0.1, -0.05) is 0 Å². The summed E-state index contributed by atoms with van der Waals surface area (Å²) in [5, 5.41) is 9.33. The fraction of sp³-hybridized carbons (Fsp3) is 0.444. The Labute approximate surface area is 71.0 Å². The quantitative estimate of drug-likeness (QED) is 0.632. The lowest BCUT2D eigenvalue weighted by atomic mass is 10.1. The van der Waals surface area contributed by atoms with Crippen LogP contribution in [0.25, 0.3) is 0 Å². The van der Waals surface area contributed by atoms with Gasteiger partial charge in [-0.15, -0.1) is 0 Å². The summed E-state index contributed by atoms with van der Waals surface area (Å²) in [7, 11) is 0. The van der Waals surface area contributed by atoms with Crippen LogP contribution in [0.3, 0.4) is 0 Å². The third-order valence-electron chi connectivity index (χ3n) is 2.04. The van der Waals surface area contributed by atoms with Crippen molar-refractivity contribution >= 4 is 0 Å². The molecule has 0 atom stereocenters. The lowest BCUT2D eigenvalue weighted by Crippen LogP contribution is -2.10. The van der Waals surface area contributed by atoms with Crippen molar-refractivity contribution < 1.29 is 9.84 Å². The van der Waals surface area contributed by atoms with E-state index in [9.17, 15) is 5.11 Å². The molecule has 0 saturated carbocycles. The van der Waals surface area contributed by atoms with Gasteiger partial charge in [-0.25, -0.2) is 0 Å². The molecule has 0 fully saturated rings. The van der Waals surface area contributed by atoms with Crippen LogP contribution in [-0.2, 0) is 6.42 Å². The fourth-order valence-electron chi connectivity index (χ4n) is 1.35. The van der Waals surface area contributed by atoms with Crippen molar-refractivity contribution in [1.82, 2.24) is 4.98 Å². The molecule has 1 aliphatic rings. The van der Waals surface area contributed by atoms with Crippen molar-refractivity contribution in [3.05, 3.63) is 17.5 Å². The Morgan fingerprint density at radius 3 is 3.25 bits per heavy atom. The van der Waals surface area contributed by atoms with Crippen LogP contribution in [-0.4, -0.2) is 16.7 Å². The van der Waals surface area contributed by atoms with E-state index in [-0.39, 0.29) is 5.75 Å². The molecule has 0 aromatic carbocycles. The van der Waals surface area contributed by atoms with Crippen molar-refractivity contribution in [3.63, 3.8) is 0 Å². The van der Waals surface area contributed by atoms with Crippen LogP contribution in [0.2, 0.25) is 0 Å². The van der Waals surface area contributed by atoms with E-state index in [0.29, 0.717) is 5.69 Å². The lowest BCUT2D eigenvalue weighted by molar-refractivity contribution is 0.282. The number of aromatic hydroxyl groups is 1. The minimum Gasteiger partial charge on any atom is -0.506 e. The largest absolute Gasteiger partial charge is 0.506 e. The van der Waals surface area contributed by atoms with Crippen molar-refractivity contribution in [1.29, 1.82) is 0 Å². The van der Waals surface area contributed by atoms with Crippen LogP contribution in [0, 0.1) is 6.92 Å². The Bertz CT molecular complexity index is 279. The van der Waals surface area contributed by atoms with Crippen LogP contribution in [0.1, 0.15) is 17.8 Å². The Balaban J connectivity index is 2.49. The second-order valence-corrected chi connectivity index (χ2v) is 2.99. The van der Waals surface area contributed by atoms with Crippen LogP contribution >= 0.6 is 0 Å². The summed E-state index contributed by atoms with van der Waals surface area (Å²) in [6.45, 7) is 2.53. The van der Waals surface area contributed by atoms with Crippen molar-refractivity contribution in [2.75, 3.05) is 6.61 Å². The number of ether oxygens (including phenoxy) is 1. The molecule has 0 spiro atoms. The van der Waals surface area contributed by atoms with Gasteiger partial charge in [0, 0.05) is 6.07 Å². The summed E-state index contributed by atoms with van der Waals surface area (Å²) in [6.07, 6.45) is 1.97. The number of pyridine rings is 1. The van der Waals surface area contributed by atoms with Crippen LogP contribution in [0.5, 0.6) is 11.5 Å². The second kappa shape index (κ2) is 2.66. The zero-order valence-corrected chi connectivity index (χ0v) is 7.00. The van der Waals surface area contributed by atoms with Crippen molar-refractivity contribution in [2.45, 2.75) is 19.8 Å². The number of rotatable bonds is 0. The van der Waals surface area contributed by atoms with Gasteiger partial charge in [0.15, 0.2) is 0 Å². The predicted octanol–water partition coefficient (Wildman–Crippen LogP) is 1.42. The number of hydrogen-bond acceptors (Lipinski definition) is 3. The number of fused-ring (bicyclic) bond motifs is 1. The summed E-state index contributed by atoms with van der Waals surface area (Å²) in [5.41, 5.74) is 1.65. The zero-order valence-electron chi connectivity index (χ0n) is 7.00. The highest BCUT2D eigenvalue weighted by Crippen LogP contribution is 2.28. The lowest BCUT2D eigenvalue weighted by Gasteiger charge is -2.16. The molecule has 0 aliphatic carbocycles. The second-order valence-electron chi connectivity index (χ2n) is 2.99. The van der Waals surface area contributed by atoms with E-state index >= 15 is 0 Å². The third-order valence-corrected chi connectivity index (χ3v) is 2.04. The molecular formula is C9H11NO2. The Kier molecular flexibility index (Phi) is 1.64. The predicted molar refractivity (Wildman–Crippen MR) is 44.5 cm³/mol.